The van der Waals surface area contributed by atoms with Crippen LogP contribution in [0.15, 0.2) is 11.6 Å². The molecule has 0 aromatic heterocycles. The number of aliphatic hydroxyl groups excluding tert-OH is 1. The van der Waals surface area contributed by atoms with E-state index in [0.717, 1.165) is 56.3 Å². The molecule has 6 atom stereocenters. The number of aliphatic hydroxyl groups is 1. The second kappa shape index (κ2) is 13.2. The summed E-state index contributed by atoms with van der Waals surface area (Å²) >= 11 is 0. The van der Waals surface area contributed by atoms with Crippen molar-refractivity contribution in [1.82, 2.24) is 0 Å². The van der Waals surface area contributed by atoms with Gasteiger partial charge in [-0.05, 0) is 86.5 Å². The zero-order valence-electron chi connectivity index (χ0n) is 21.9. The smallest absolute Gasteiger partial charge is 0.303 e. The Bertz CT molecular complexity index is 698. The van der Waals surface area contributed by atoms with Crippen LogP contribution in [0, 0.1) is 29.1 Å². The summed E-state index contributed by atoms with van der Waals surface area (Å²) in [6.07, 6.45) is 22.3. The minimum Gasteiger partial charge on any atom is -0.481 e. The van der Waals surface area contributed by atoms with Gasteiger partial charge in [-0.3, -0.25) is 9.59 Å². The van der Waals surface area contributed by atoms with Crippen molar-refractivity contribution in [2.75, 3.05) is 0 Å². The SMILES string of the molecule is CCCCCCCCCCCC(=O)O.C[C@]12CC[C@H]3[C@@H](CCC4=CC(=O)CC[C@@H]43)[C@@H]1CC[C@@H]2O. The number of carboxylic acids is 1. The number of carbonyl (C=O) groups is 2. The molecule has 4 aliphatic carbocycles. The molecular weight excluding hydrogens is 424 g/mol. The van der Waals surface area contributed by atoms with Gasteiger partial charge in [0.2, 0.25) is 0 Å². The topological polar surface area (TPSA) is 74.6 Å². The predicted molar refractivity (Wildman–Crippen MR) is 138 cm³/mol. The normalized spacial score (nSPS) is 34.3. The molecule has 0 aromatic carbocycles. The lowest BCUT2D eigenvalue weighted by Gasteiger charge is -2.53. The van der Waals surface area contributed by atoms with Crippen molar-refractivity contribution in [2.24, 2.45) is 29.1 Å². The third-order valence-corrected chi connectivity index (χ3v) is 9.74. The first kappa shape index (κ1) is 27.4. The highest BCUT2D eigenvalue weighted by molar-refractivity contribution is 5.91. The van der Waals surface area contributed by atoms with Gasteiger partial charge in [-0.25, -0.2) is 0 Å². The van der Waals surface area contributed by atoms with Crippen LogP contribution >= 0.6 is 0 Å². The summed E-state index contributed by atoms with van der Waals surface area (Å²) < 4.78 is 0. The van der Waals surface area contributed by atoms with Crippen molar-refractivity contribution in [3.8, 4) is 0 Å². The molecule has 2 N–H and O–H groups in total. The number of carboxylic acid groups (broad SMARTS) is 1. The predicted octanol–water partition coefficient (Wildman–Crippen LogP) is 7.48. The number of rotatable bonds is 10. The van der Waals surface area contributed by atoms with Gasteiger partial charge in [0.1, 0.15) is 0 Å². The van der Waals surface area contributed by atoms with Crippen LogP contribution in [0.1, 0.15) is 129 Å². The second-order valence-electron chi connectivity index (χ2n) is 11.9. The number of hydrogen-bond donors (Lipinski definition) is 2. The average Bonchev–Trinajstić information content (AvgIpc) is 3.12. The van der Waals surface area contributed by atoms with E-state index in [1.807, 2.05) is 6.08 Å². The summed E-state index contributed by atoms with van der Waals surface area (Å²) in [6.45, 7) is 4.56. The van der Waals surface area contributed by atoms with Crippen molar-refractivity contribution in [1.29, 1.82) is 0 Å². The fourth-order valence-electron chi connectivity index (χ4n) is 7.74. The number of fused-ring (bicyclic) bond motifs is 5. The van der Waals surface area contributed by atoms with E-state index < -0.39 is 5.97 Å². The van der Waals surface area contributed by atoms with Crippen LogP contribution in [0.25, 0.3) is 0 Å². The number of hydrogen-bond acceptors (Lipinski definition) is 3. The Morgan fingerprint density at radius 3 is 2.26 bits per heavy atom. The van der Waals surface area contributed by atoms with E-state index in [1.165, 1.54) is 76.2 Å². The summed E-state index contributed by atoms with van der Waals surface area (Å²) in [5, 5.41) is 18.8. The third kappa shape index (κ3) is 6.95. The molecule has 34 heavy (non-hydrogen) atoms. The van der Waals surface area contributed by atoms with Crippen molar-refractivity contribution < 1.29 is 19.8 Å². The van der Waals surface area contributed by atoms with Gasteiger partial charge in [0, 0.05) is 12.8 Å². The molecule has 0 amide bonds. The van der Waals surface area contributed by atoms with Crippen LogP contribution < -0.4 is 0 Å². The molecule has 0 aromatic rings. The first-order chi connectivity index (χ1) is 16.4. The molecule has 0 spiro atoms. The van der Waals surface area contributed by atoms with Gasteiger partial charge in [0.05, 0.1) is 6.10 Å². The fraction of sp³-hybridized carbons (Fsp3) is 0.867. The molecular formula is C30H50O4. The Morgan fingerprint density at radius 2 is 1.59 bits per heavy atom. The van der Waals surface area contributed by atoms with Gasteiger partial charge >= 0.3 is 5.97 Å². The molecule has 0 saturated heterocycles. The maximum atomic E-state index is 11.6. The quantitative estimate of drug-likeness (QED) is 0.322. The van der Waals surface area contributed by atoms with E-state index in [0.29, 0.717) is 18.1 Å². The van der Waals surface area contributed by atoms with Crippen LogP contribution in [0.5, 0.6) is 0 Å². The van der Waals surface area contributed by atoms with Crippen LogP contribution in [-0.4, -0.2) is 28.1 Å². The molecule has 0 heterocycles. The van der Waals surface area contributed by atoms with Crippen molar-refractivity contribution >= 4 is 11.8 Å². The highest BCUT2D eigenvalue weighted by atomic mass is 16.4. The zero-order chi connectivity index (χ0) is 24.6. The molecule has 4 rings (SSSR count). The second-order valence-corrected chi connectivity index (χ2v) is 11.9. The van der Waals surface area contributed by atoms with Crippen LogP contribution in [0.3, 0.4) is 0 Å². The Balaban J connectivity index is 0.000000206. The lowest BCUT2D eigenvalue weighted by Crippen LogP contribution is -2.47. The van der Waals surface area contributed by atoms with Crippen LogP contribution in [0.4, 0.5) is 0 Å². The number of aliphatic carboxylic acids is 1. The molecule has 3 fully saturated rings. The van der Waals surface area contributed by atoms with E-state index in [4.69, 9.17) is 5.11 Å². The lowest BCUT2D eigenvalue weighted by molar-refractivity contribution is -0.137. The standard InChI is InChI=1S/C18H26O2.C12H24O2/c1-18-9-8-14-13-5-3-12(19)10-11(13)2-4-15(14)16(18)6-7-17(18)20;1-2-3-4-5-6-7-8-9-10-11-12(13)14/h10,13-17,20H,2-9H2,1H3;2-11H2,1H3,(H,13,14)/t13-,14+,15+,16-,17-,18-;/m0./s1. The Hall–Kier alpha value is -1.16. The lowest BCUT2D eigenvalue weighted by atomic mass is 9.52. The molecule has 4 heteroatoms. The van der Waals surface area contributed by atoms with Crippen molar-refractivity contribution in [2.45, 2.75) is 136 Å². The summed E-state index contributed by atoms with van der Waals surface area (Å²) in [5.74, 6) is 2.72. The Kier molecular flexibility index (Phi) is 10.7. The first-order valence-corrected chi connectivity index (χ1v) is 14.5. The molecule has 0 aliphatic heterocycles. The summed E-state index contributed by atoms with van der Waals surface area (Å²) in [4.78, 5) is 21.9. The first-order valence-electron chi connectivity index (χ1n) is 14.5. The maximum absolute atomic E-state index is 11.6. The van der Waals surface area contributed by atoms with Crippen LogP contribution in [0.2, 0.25) is 0 Å². The van der Waals surface area contributed by atoms with E-state index >= 15 is 0 Å². The van der Waals surface area contributed by atoms with Crippen molar-refractivity contribution in [3.63, 3.8) is 0 Å². The minimum atomic E-state index is -0.659. The van der Waals surface area contributed by atoms with Crippen molar-refractivity contribution in [3.05, 3.63) is 11.6 Å². The van der Waals surface area contributed by atoms with E-state index in [1.54, 1.807) is 0 Å². The van der Waals surface area contributed by atoms with Gasteiger partial charge < -0.3 is 10.2 Å². The Morgan fingerprint density at radius 1 is 0.912 bits per heavy atom. The van der Waals surface area contributed by atoms with E-state index in [2.05, 4.69) is 13.8 Å². The molecule has 0 bridgehead atoms. The maximum Gasteiger partial charge on any atom is 0.303 e. The molecule has 194 valence electrons. The van der Waals surface area contributed by atoms with Gasteiger partial charge in [-0.15, -0.1) is 0 Å². The molecule has 4 nitrogen and oxygen atoms in total. The Labute approximate surface area is 208 Å². The highest BCUT2D eigenvalue weighted by Crippen LogP contribution is 2.61. The largest absolute Gasteiger partial charge is 0.481 e. The fourth-order valence-corrected chi connectivity index (χ4v) is 7.74. The molecule has 4 aliphatic rings. The van der Waals surface area contributed by atoms with E-state index in [9.17, 15) is 14.7 Å². The molecule has 0 radical (unpaired) electrons. The highest BCUT2D eigenvalue weighted by Gasteiger charge is 2.55. The number of allylic oxidation sites excluding steroid dienone is 1. The summed E-state index contributed by atoms with van der Waals surface area (Å²) in [7, 11) is 0. The summed E-state index contributed by atoms with van der Waals surface area (Å²) in [5.41, 5.74) is 1.65. The molecule has 0 unspecified atom stereocenters. The average molecular weight is 475 g/mol. The monoisotopic (exact) mass is 474 g/mol. The minimum absolute atomic E-state index is 0.0710. The number of carbonyl (C=O) groups excluding carboxylic acids is 1. The number of ketones is 1. The van der Waals surface area contributed by atoms with Gasteiger partial charge in [-0.2, -0.15) is 0 Å². The van der Waals surface area contributed by atoms with Gasteiger partial charge in [0.25, 0.3) is 0 Å². The van der Waals surface area contributed by atoms with Crippen LogP contribution in [-0.2, 0) is 9.59 Å². The zero-order valence-corrected chi connectivity index (χ0v) is 21.9. The van der Waals surface area contributed by atoms with Gasteiger partial charge in [-0.1, -0.05) is 70.8 Å². The summed E-state index contributed by atoms with van der Waals surface area (Å²) in [6, 6.07) is 0. The van der Waals surface area contributed by atoms with E-state index in [-0.39, 0.29) is 11.5 Å². The molecule has 3 saturated carbocycles. The third-order valence-electron chi connectivity index (χ3n) is 9.74. The number of unbranched alkanes of at least 4 members (excludes halogenated alkanes) is 8. The van der Waals surface area contributed by atoms with Gasteiger partial charge in [0.15, 0.2) is 5.78 Å².